The Morgan fingerprint density at radius 1 is 1.24 bits per heavy atom. The molecule has 1 aromatic carbocycles. The monoisotopic (exact) mass is 449 g/mol. The average molecular weight is 450 g/mol. The highest BCUT2D eigenvalue weighted by Crippen LogP contribution is 2.30. The number of piperidine rings is 1. The summed E-state index contributed by atoms with van der Waals surface area (Å²) in [6.45, 7) is 2.54. The molecule has 33 heavy (non-hydrogen) atoms. The number of aliphatic hydroxyl groups is 1. The lowest BCUT2D eigenvalue weighted by molar-refractivity contribution is 0.0000577. The molecule has 0 spiro atoms. The van der Waals surface area contributed by atoms with E-state index in [0.717, 1.165) is 36.1 Å². The van der Waals surface area contributed by atoms with Gasteiger partial charge in [-0.1, -0.05) is 6.07 Å². The van der Waals surface area contributed by atoms with Gasteiger partial charge in [0, 0.05) is 38.1 Å². The minimum absolute atomic E-state index is 0.152. The molecule has 4 rings (SSSR count). The number of nitrogens with zero attached hydrogens (tertiary/aromatic N) is 4. The van der Waals surface area contributed by atoms with E-state index in [2.05, 4.69) is 14.9 Å². The molecule has 174 valence electrons. The van der Waals surface area contributed by atoms with Gasteiger partial charge in [-0.15, -0.1) is 0 Å². The summed E-state index contributed by atoms with van der Waals surface area (Å²) in [5.41, 5.74) is 7.61. The van der Waals surface area contributed by atoms with Crippen LogP contribution in [-0.4, -0.2) is 71.3 Å². The van der Waals surface area contributed by atoms with E-state index in [0.29, 0.717) is 37.4 Å². The van der Waals surface area contributed by atoms with Gasteiger partial charge in [-0.25, -0.2) is 0 Å². The van der Waals surface area contributed by atoms with Crippen molar-refractivity contribution in [3.05, 3.63) is 60.4 Å². The molecule has 8 heteroatoms. The summed E-state index contributed by atoms with van der Waals surface area (Å²) < 4.78 is 5.67. The number of fused-ring (bicyclic) bond motifs is 1. The van der Waals surface area contributed by atoms with Crippen LogP contribution >= 0.6 is 0 Å². The van der Waals surface area contributed by atoms with E-state index in [1.165, 1.54) is 0 Å². The number of carbonyl (C=O) groups is 1. The third-order valence-corrected chi connectivity index (χ3v) is 5.95. The molecule has 0 saturated carbocycles. The van der Waals surface area contributed by atoms with E-state index >= 15 is 0 Å². The maximum absolute atomic E-state index is 13.1. The molecule has 2 aromatic heterocycles. The highest BCUT2D eigenvalue weighted by Gasteiger charge is 2.36. The van der Waals surface area contributed by atoms with E-state index in [9.17, 15) is 9.90 Å². The van der Waals surface area contributed by atoms with Crippen LogP contribution in [0.15, 0.2) is 54.9 Å². The normalized spacial score (nSPS) is 18.3. The van der Waals surface area contributed by atoms with Crippen LogP contribution in [0.5, 0.6) is 5.75 Å². The Kier molecular flexibility index (Phi) is 7.05. The van der Waals surface area contributed by atoms with Gasteiger partial charge in [-0.2, -0.15) is 0 Å². The molecule has 1 atom stereocenters. The first-order valence-electron chi connectivity index (χ1n) is 11.3. The van der Waals surface area contributed by atoms with Gasteiger partial charge in [0.1, 0.15) is 11.3 Å². The van der Waals surface area contributed by atoms with Crippen LogP contribution in [0, 0.1) is 0 Å². The molecular formula is C25H31N5O3. The third kappa shape index (κ3) is 5.40. The first kappa shape index (κ1) is 22.9. The molecule has 0 radical (unpaired) electrons. The number of nitrogens with two attached hydrogens (primary N) is 1. The van der Waals surface area contributed by atoms with Crippen molar-refractivity contribution in [1.29, 1.82) is 0 Å². The summed E-state index contributed by atoms with van der Waals surface area (Å²) in [5, 5.41) is 11.4. The standard InChI is InChI=1S/C25H31N5O3/c1-29(24(31)19-6-2-7-20(16-19)33-15-5-11-26)17-25(32)10-4-14-30(18-25)22-9-13-27-21-8-3-12-28-23(21)22/h2-3,6-9,12-13,16,32H,4-5,10-11,14-15,17-18,26H2,1H3. The highest BCUT2D eigenvalue weighted by molar-refractivity contribution is 5.94. The number of carbonyl (C=O) groups excluding carboxylic acids is 1. The fourth-order valence-corrected chi connectivity index (χ4v) is 4.39. The molecule has 1 amide bonds. The van der Waals surface area contributed by atoms with Crippen LogP contribution in [0.25, 0.3) is 11.0 Å². The Hall–Kier alpha value is -3.23. The molecule has 1 aliphatic rings. The summed E-state index contributed by atoms with van der Waals surface area (Å²) in [6.07, 6.45) is 5.72. The molecule has 3 N–H and O–H groups in total. The number of likely N-dealkylation sites (N-methyl/N-ethyl adjacent to an activating group) is 1. The van der Waals surface area contributed by atoms with Gasteiger partial charge in [-0.05, 0) is 62.2 Å². The van der Waals surface area contributed by atoms with Crippen molar-refractivity contribution in [2.45, 2.75) is 24.9 Å². The van der Waals surface area contributed by atoms with Crippen LogP contribution in [0.2, 0.25) is 0 Å². The van der Waals surface area contributed by atoms with Crippen LogP contribution in [-0.2, 0) is 0 Å². The van der Waals surface area contributed by atoms with Gasteiger partial charge in [0.2, 0.25) is 0 Å². The summed E-state index contributed by atoms with van der Waals surface area (Å²) in [5.74, 6) is 0.489. The van der Waals surface area contributed by atoms with Crippen molar-refractivity contribution in [3.63, 3.8) is 0 Å². The number of ether oxygens (including phenoxy) is 1. The second kappa shape index (κ2) is 10.1. The van der Waals surface area contributed by atoms with Crippen molar-refractivity contribution in [2.75, 3.05) is 44.7 Å². The van der Waals surface area contributed by atoms with Gasteiger partial charge in [0.05, 0.1) is 30.0 Å². The average Bonchev–Trinajstić information content (AvgIpc) is 2.83. The molecule has 0 bridgehead atoms. The lowest BCUT2D eigenvalue weighted by Gasteiger charge is -2.42. The number of rotatable bonds is 8. The first-order chi connectivity index (χ1) is 16.0. The Morgan fingerprint density at radius 2 is 2.12 bits per heavy atom. The zero-order valence-electron chi connectivity index (χ0n) is 19.0. The third-order valence-electron chi connectivity index (χ3n) is 5.95. The SMILES string of the molecule is CN(CC1(O)CCCN(c2ccnc3cccnc23)C1)C(=O)c1cccc(OCCCN)c1. The Balaban J connectivity index is 1.45. The van der Waals surface area contributed by atoms with Crippen LogP contribution in [0.1, 0.15) is 29.6 Å². The van der Waals surface area contributed by atoms with Gasteiger partial charge < -0.3 is 25.4 Å². The minimum Gasteiger partial charge on any atom is -0.494 e. The molecule has 8 nitrogen and oxygen atoms in total. The first-order valence-corrected chi connectivity index (χ1v) is 11.3. The molecule has 3 heterocycles. The predicted octanol–water partition coefficient (Wildman–Crippen LogP) is 2.46. The summed E-state index contributed by atoms with van der Waals surface area (Å²) in [6, 6.07) is 12.9. The summed E-state index contributed by atoms with van der Waals surface area (Å²) in [4.78, 5) is 25.7. The van der Waals surface area contributed by atoms with Crippen LogP contribution in [0.4, 0.5) is 5.69 Å². The zero-order chi connectivity index (χ0) is 23.3. The maximum Gasteiger partial charge on any atom is 0.253 e. The van der Waals surface area contributed by atoms with Crippen LogP contribution in [0.3, 0.4) is 0 Å². The second-order valence-corrected chi connectivity index (χ2v) is 8.63. The lowest BCUT2D eigenvalue weighted by Crippen LogP contribution is -2.54. The van der Waals surface area contributed by atoms with Crippen molar-refractivity contribution >= 4 is 22.6 Å². The molecule has 1 saturated heterocycles. The smallest absolute Gasteiger partial charge is 0.253 e. The van der Waals surface area contributed by atoms with Crippen molar-refractivity contribution in [1.82, 2.24) is 14.9 Å². The number of aromatic nitrogens is 2. The summed E-state index contributed by atoms with van der Waals surface area (Å²) in [7, 11) is 1.73. The Labute approximate surface area is 194 Å². The number of hydrogen-bond acceptors (Lipinski definition) is 7. The maximum atomic E-state index is 13.1. The van der Waals surface area contributed by atoms with E-state index in [1.54, 1.807) is 42.5 Å². The fraction of sp³-hybridized carbons (Fsp3) is 0.400. The molecule has 1 unspecified atom stereocenters. The number of amides is 1. The predicted molar refractivity (Wildman–Crippen MR) is 129 cm³/mol. The van der Waals surface area contributed by atoms with Gasteiger partial charge in [-0.3, -0.25) is 14.8 Å². The number of β-amino-alcohol motifs (C(OH)–C–C–N with tert-alkyl or cyclic N) is 1. The van der Waals surface area contributed by atoms with E-state index in [-0.39, 0.29) is 12.5 Å². The molecule has 0 aliphatic carbocycles. The van der Waals surface area contributed by atoms with Gasteiger partial charge in [0.25, 0.3) is 5.91 Å². The van der Waals surface area contributed by atoms with Crippen LogP contribution < -0.4 is 15.4 Å². The second-order valence-electron chi connectivity index (χ2n) is 8.63. The van der Waals surface area contributed by atoms with Crippen molar-refractivity contribution < 1.29 is 14.6 Å². The molecule has 1 aliphatic heterocycles. The van der Waals surface area contributed by atoms with E-state index in [4.69, 9.17) is 10.5 Å². The molecular weight excluding hydrogens is 418 g/mol. The topological polar surface area (TPSA) is 105 Å². The minimum atomic E-state index is -1.03. The van der Waals surface area contributed by atoms with E-state index in [1.807, 2.05) is 24.3 Å². The summed E-state index contributed by atoms with van der Waals surface area (Å²) >= 11 is 0. The quantitative estimate of drug-likeness (QED) is 0.509. The molecule has 3 aromatic rings. The largest absolute Gasteiger partial charge is 0.494 e. The number of benzene rings is 1. The number of hydrogen-bond donors (Lipinski definition) is 2. The number of pyridine rings is 2. The van der Waals surface area contributed by atoms with Gasteiger partial charge >= 0.3 is 0 Å². The Morgan fingerprint density at radius 3 is 2.97 bits per heavy atom. The zero-order valence-corrected chi connectivity index (χ0v) is 19.0. The lowest BCUT2D eigenvalue weighted by atomic mass is 9.91. The Bertz CT molecular complexity index is 1100. The van der Waals surface area contributed by atoms with E-state index < -0.39 is 5.60 Å². The van der Waals surface area contributed by atoms with Crippen molar-refractivity contribution in [3.8, 4) is 5.75 Å². The highest BCUT2D eigenvalue weighted by atomic mass is 16.5. The number of anilines is 1. The fourth-order valence-electron chi connectivity index (χ4n) is 4.39. The molecule has 1 fully saturated rings. The van der Waals surface area contributed by atoms with Gasteiger partial charge in [0.15, 0.2) is 0 Å². The van der Waals surface area contributed by atoms with Crippen molar-refractivity contribution in [2.24, 2.45) is 5.73 Å².